The third kappa shape index (κ3) is 6.18. The third-order valence-corrected chi connectivity index (χ3v) is 5.61. The number of nitrogens with zero attached hydrogens (tertiary/aromatic N) is 3. The van der Waals surface area contributed by atoms with Gasteiger partial charge in [-0.3, -0.25) is 0 Å². The van der Waals surface area contributed by atoms with Crippen molar-refractivity contribution in [1.29, 1.82) is 0 Å². The van der Waals surface area contributed by atoms with Crippen molar-refractivity contribution in [2.24, 2.45) is 0 Å². The van der Waals surface area contributed by atoms with E-state index in [1.807, 2.05) is 4.72 Å². The van der Waals surface area contributed by atoms with Gasteiger partial charge >= 0.3 is 63.1 Å². The molecule has 0 unspecified atom stereocenters. The van der Waals surface area contributed by atoms with Crippen LogP contribution < -0.4 is 66.5 Å². The van der Waals surface area contributed by atoms with Crippen molar-refractivity contribution in [2.45, 2.75) is 13.3 Å². The van der Waals surface area contributed by atoms with Gasteiger partial charge < -0.3 is 23.8 Å². The van der Waals surface area contributed by atoms with Gasteiger partial charge in [-0.25, -0.2) is 31.5 Å². The summed E-state index contributed by atoms with van der Waals surface area (Å²) in [6.07, 6.45) is 0.0315. The van der Waals surface area contributed by atoms with Crippen molar-refractivity contribution in [3.8, 4) is 5.75 Å². The molecular weight excluding hydrogens is 501 g/mol. The largest absolute Gasteiger partial charge is 1.00 e. The molecule has 0 bridgehead atoms. The molecule has 0 aliphatic carbocycles. The van der Waals surface area contributed by atoms with E-state index in [1.165, 1.54) is 27.1 Å². The van der Waals surface area contributed by atoms with E-state index in [2.05, 4.69) is 9.71 Å². The molecule has 1 N–H and O–H groups in total. The number of carbonyl (C=O) groups is 1. The number of ether oxygens (including phenoxy) is 1. The van der Waals surface area contributed by atoms with Crippen molar-refractivity contribution in [2.75, 3.05) is 21.1 Å². The first-order valence-electron chi connectivity index (χ1n) is 9.38. The Kier molecular flexibility index (Phi) is 9.32. The van der Waals surface area contributed by atoms with E-state index in [1.54, 1.807) is 0 Å². The molecule has 0 aliphatic heterocycles. The zero-order chi connectivity index (χ0) is 24.5. The molecule has 0 saturated heterocycles. The summed E-state index contributed by atoms with van der Waals surface area (Å²) >= 11 is 0. The van der Waals surface area contributed by atoms with Crippen LogP contribution in [0.3, 0.4) is 0 Å². The zero-order valence-corrected chi connectivity index (χ0v) is 22.9. The molecule has 2 heterocycles. The Bertz CT molecular complexity index is 1410. The molecule has 14 heteroatoms. The van der Waals surface area contributed by atoms with Crippen molar-refractivity contribution >= 4 is 33.1 Å². The van der Waals surface area contributed by atoms with E-state index in [9.17, 15) is 26.8 Å². The smallest absolute Gasteiger partial charge is 0.440 e. The summed E-state index contributed by atoms with van der Waals surface area (Å²) in [7, 11) is -0.195. The number of rotatable bonds is 6. The van der Waals surface area contributed by atoms with Crippen LogP contribution in [0, 0.1) is 18.6 Å². The first-order chi connectivity index (χ1) is 15.4. The fourth-order valence-electron chi connectivity index (χ4n) is 2.88. The van der Waals surface area contributed by atoms with Gasteiger partial charge in [0, 0.05) is 37.5 Å². The van der Waals surface area contributed by atoms with E-state index < -0.39 is 45.1 Å². The van der Waals surface area contributed by atoms with Gasteiger partial charge in [0.2, 0.25) is 10.2 Å². The van der Waals surface area contributed by atoms with Crippen molar-refractivity contribution in [3.63, 3.8) is 0 Å². The van der Waals surface area contributed by atoms with Crippen LogP contribution in [0.5, 0.6) is 5.75 Å². The SMILES string of the molecule is CNS(=O)(=O)[N-]c1nccc(Cc2c(C)c3cc(F)c(OC(=O)N(C)C)cc3oc2=O)c1F.[K+]. The Morgan fingerprint density at radius 1 is 1.29 bits per heavy atom. The second kappa shape index (κ2) is 11.2. The van der Waals surface area contributed by atoms with Gasteiger partial charge in [0.25, 0.3) is 0 Å². The molecule has 1 amide bonds. The van der Waals surface area contributed by atoms with Crippen LogP contribution in [0.2, 0.25) is 0 Å². The number of hydrogen-bond donors (Lipinski definition) is 1. The quantitative estimate of drug-likeness (QED) is 0.355. The molecule has 3 rings (SSSR count). The molecule has 3 aromatic rings. The average Bonchev–Trinajstić information content (AvgIpc) is 2.74. The Morgan fingerprint density at radius 3 is 2.59 bits per heavy atom. The predicted molar refractivity (Wildman–Crippen MR) is 115 cm³/mol. The number of amides is 1. The fourth-order valence-corrected chi connectivity index (χ4v) is 3.33. The third-order valence-electron chi connectivity index (χ3n) is 4.68. The first kappa shape index (κ1) is 28.3. The van der Waals surface area contributed by atoms with Crippen LogP contribution in [0.1, 0.15) is 16.7 Å². The number of benzene rings is 1. The molecule has 176 valence electrons. The Labute approximate surface area is 236 Å². The van der Waals surface area contributed by atoms with Crippen molar-refractivity contribution in [3.05, 3.63) is 67.9 Å². The maximum Gasteiger partial charge on any atom is 1.00 e. The Balaban J connectivity index is 0.00000408. The van der Waals surface area contributed by atoms with Crippen LogP contribution in [0.4, 0.5) is 19.4 Å². The standard InChI is InChI=1S/C20H19F2N4O6S.K/c1-10-12-8-14(21)16(32-20(28)26(3)4)9-15(12)31-19(27)13(10)7-11-5-6-24-18(17(11)22)25-33(29,30)23-2;/h5-6,8-9,23H,7H2,1-4H3;/q-1;+1. The van der Waals surface area contributed by atoms with E-state index in [4.69, 9.17) is 9.15 Å². The topological polar surface area (TPSA) is 133 Å². The fraction of sp³-hybridized carbons (Fsp3) is 0.250. The number of halogens is 2. The monoisotopic (exact) mass is 520 g/mol. The second-order valence-corrected chi connectivity index (χ2v) is 8.63. The molecule has 10 nitrogen and oxygen atoms in total. The average molecular weight is 521 g/mol. The normalized spacial score (nSPS) is 11.1. The van der Waals surface area contributed by atoms with Gasteiger partial charge in [-0.15, -0.1) is 0 Å². The van der Waals surface area contributed by atoms with Crippen LogP contribution in [0.25, 0.3) is 15.7 Å². The Morgan fingerprint density at radius 2 is 1.97 bits per heavy atom. The molecule has 0 saturated carbocycles. The number of nitrogens with one attached hydrogen (secondary N) is 1. The molecule has 2 aromatic heterocycles. The molecule has 0 spiro atoms. The number of carbonyl (C=O) groups excluding carboxylic acids is 1. The van der Waals surface area contributed by atoms with Gasteiger partial charge in [0.15, 0.2) is 11.6 Å². The minimum atomic E-state index is -4.14. The molecule has 1 aromatic carbocycles. The van der Waals surface area contributed by atoms with Gasteiger partial charge in [-0.1, -0.05) is 12.3 Å². The van der Waals surface area contributed by atoms with Crippen LogP contribution in [0.15, 0.2) is 33.6 Å². The number of hydrogen-bond acceptors (Lipinski definition) is 7. The summed E-state index contributed by atoms with van der Waals surface area (Å²) < 4.78 is 67.9. The van der Waals surface area contributed by atoms with Gasteiger partial charge in [-0.05, 0) is 37.0 Å². The molecule has 0 radical (unpaired) electrons. The summed E-state index contributed by atoms with van der Waals surface area (Å²) in [6.45, 7) is 1.52. The number of aromatic nitrogens is 1. The summed E-state index contributed by atoms with van der Waals surface area (Å²) in [5.74, 6) is -3.00. The summed E-state index contributed by atoms with van der Waals surface area (Å²) in [5, 5.41) is 0.212. The van der Waals surface area contributed by atoms with Crippen molar-refractivity contribution in [1.82, 2.24) is 14.6 Å². The van der Waals surface area contributed by atoms with Crippen LogP contribution in [-0.2, 0) is 16.6 Å². The summed E-state index contributed by atoms with van der Waals surface area (Å²) in [4.78, 5) is 29.0. The van der Waals surface area contributed by atoms with E-state index >= 15 is 0 Å². The second-order valence-electron chi connectivity index (χ2n) is 7.09. The minimum absolute atomic E-state index is 0. The molecule has 0 fully saturated rings. The van der Waals surface area contributed by atoms with Gasteiger partial charge in [0.1, 0.15) is 11.4 Å². The predicted octanol–water partition coefficient (Wildman–Crippen LogP) is -0.101. The van der Waals surface area contributed by atoms with Gasteiger partial charge in [0.05, 0.1) is 0 Å². The van der Waals surface area contributed by atoms with E-state index in [0.29, 0.717) is 5.56 Å². The van der Waals surface area contributed by atoms with Crippen LogP contribution >= 0.6 is 0 Å². The van der Waals surface area contributed by atoms with Gasteiger partial charge in [-0.2, -0.15) is 0 Å². The first-order valence-corrected chi connectivity index (χ1v) is 10.8. The number of fused-ring (bicyclic) bond motifs is 1. The molecule has 0 atom stereocenters. The zero-order valence-electron chi connectivity index (χ0n) is 19.0. The summed E-state index contributed by atoms with van der Waals surface area (Å²) in [6, 6.07) is 3.38. The molecular formula is C20H19F2KN4O6S. The molecule has 34 heavy (non-hydrogen) atoms. The maximum absolute atomic E-state index is 14.8. The number of aryl methyl sites for hydroxylation is 1. The molecule has 0 aliphatic rings. The van der Waals surface area contributed by atoms with Crippen molar-refractivity contribution < 1.29 is 82.5 Å². The minimum Gasteiger partial charge on any atom is -0.440 e. The van der Waals surface area contributed by atoms with E-state index in [-0.39, 0.29) is 79.9 Å². The summed E-state index contributed by atoms with van der Waals surface area (Å²) in [5.41, 5.74) is -0.596. The number of pyridine rings is 1. The van der Waals surface area contributed by atoms with Crippen LogP contribution in [-0.4, -0.2) is 45.5 Å². The maximum atomic E-state index is 14.8. The van der Waals surface area contributed by atoms with E-state index in [0.717, 1.165) is 30.3 Å². The Hall–Kier alpha value is -1.94.